The summed E-state index contributed by atoms with van der Waals surface area (Å²) in [4.78, 5) is 0. The zero-order valence-corrected chi connectivity index (χ0v) is 10.6. The molecule has 0 aromatic rings. The average Bonchev–Trinajstić information content (AvgIpc) is 2.22. The summed E-state index contributed by atoms with van der Waals surface area (Å²) < 4.78 is 73.7. The van der Waals surface area contributed by atoms with Gasteiger partial charge in [0, 0.05) is 6.42 Å². The fourth-order valence-corrected chi connectivity index (χ4v) is 2.52. The number of hydrogen-bond acceptors (Lipinski definition) is 6. The fraction of sp³-hybridized carbons (Fsp3) is 0.500. The molecule has 0 spiro atoms. The molecular weight excluding hydrogens is 294 g/mol. The van der Waals surface area contributed by atoms with Gasteiger partial charge in [-0.3, -0.25) is 8.37 Å². The van der Waals surface area contributed by atoms with Gasteiger partial charge in [0.15, 0.2) is 0 Å². The van der Waals surface area contributed by atoms with Crippen LogP contribution in [-0.2, 0) is 28.6 Å². The molecule has 2 aliphatic rings. The van der Waals surface area contributed by atoms with Crippen LogP contribution in [0.5, 0.6) is 0 Å². The number of halogens is 2. The topological polar surface area (TPSA) is 86.7 Å². The third-order valence-corrected chi connectivity index (χ3v) is 3.70. The Morgan fingerprint density at radius 3 is 2.17 bits per heavy atom. The van der Waals surface area contributed by atoms with Gasteiger partial charge < -0.3 is 0 Å². The summed E-state index contributed by atoms with van der Waals surface area (Å²) in [6.45, 7) is -0.469. The van der Waals surface area contributed by atoms with E-state index in [1.54, 1.807) is 0 Å². The van der Waals surface area contributed by atoms with Crippen LogP contribution in [0.1, 0.15) is 6.42 Å². The molecule has 0 fully saturated rings. The minimum absolute atomic E-state index is 0.0548. The SMILES string of the molecule is O=S1(=O)C=C(F)CCO1.O=S1(=O)C=CC(F)CO1. The summed E-state index contributed by atoms with van der Waals surface area (Å²) >= 11 is 0. The van der Waals surface area contributed by atoms with Gasteiger partial charge in [0.1, 0.15) is 18.6 Å². The van der Waals surface area contributed by atoms with Crippen molar-refractivity contribution >= 4 is 20.2 Å². The summed E-state index contributed by atoms with van der Waals surface area (Å²) in [5.41, 5.74) is 0. The van der Waals surface area contributed by atoms with Crippen molar-refractivity contribution in [2.75, 3.05) is 13.2 Å². The average molecular weight is 304 g/mol. The normalized spacial score (nSPS) is 28.8. The van der Waals surface area contributed by atoms with Crippen molar-refractivity contribution in [1.82, 2.24) is 0 Å². The summed E-state index contributed by atoms with van der Waals surface area (Å²) in [6, 6.07) is 0. The molecule has 1 unspecified atom stereocenters. The molecule has 0 bridgehead atoms. The van der Waals surface area contributed by atoms with E-state index in [4.69, 9.17) is 0 Å². The molecule has 0 amide bonds. The van der Waals surface area contributed by atoms with Crippen molar-refractivity contribution < 1.29 is 34.0 Å². The maximum Gasteiger partial charge on any atom is 0.292 e. The maximum absolute atomic E-state index is 12.1. The predicted octanol–water partition coefficient (Wildman–Crippen LogP) is 0.746. The van der Waals surface area contributed by atoms with E-state index in [0.29, 0.717) is 5.41 Å². The molecule has 6 nitrogen and oxygen atoms in total. The third kappa shape index (κ3) is 5.67. The van der Waals surface area contributed by atoms with Crippen LogP contribution in [0, 0.1) is 0 Å². The number of rotatable bonds is 0. The fourth-order valence-electron chi connectivity index (χ4n) is 0.941. The first-order chi connectivity index (χ1) is 8.20. The molecule has 2 aliphatic heterocycles. The lowest BCUT2D eigenvalue weighted by Gasteiger charge is -2.07. The minimum atomic E-state index is -3.67. The molecule has 10 heteroatoms. The Balaban J connectivity index is 0.000000180. The predicted molar refractivity (Wildman–Crippen MR) is 57.6 cm³/mol. The molecule has 0 aliphatic carbocycles. The van der Waals surface area contributed by atoms with Crippen LogP contribution in [0.4, 0.5) is 8.78 Å². The highest BCUT2D eigenvalue weighted by molar-refractivity contribution is 7.90. The highest BCUT2D eigenvalue weighted by Crippen LogP contribution is 2.14. The standard InChI is InChI=1S/2C4H5FO3S/c5-4-1-2-9(6,7)8-3-4;5-4-1-2-8-9(6,7)3-4/h1-2,4H,3H2;3H,1-2H2. The molecule has 0 aromatic carbocycles. The Morgan fingerprint density at radius 1 is 1.17 bits per heavy atom. The van der Waals surface area contributed by atoms with Crippen LogP contribution in [0.3, 0.4) is 0 Å². The van der Waals surface area contributed by atoms with Gasteiger partial charge in [-0.2, -0.15) is 16.8 Å². The first-order valence-electron chi connectivity index (χ1n) is 4.67. The van der Waals surface area contributed by atoms with Crippen LogP contribution < -0.4 is 0 Å². The molecule has 18 heavy (non-hydrogen) atoms. The molecule has 104 valence electrons. The Morgan fingerprint density at radius 2 is 1.83 bits per heavy atom. The van der Waals surface area contributed by atoms with Crippen LogP contribution in [0.2, 0.25) is 0 Å². The van der Waals surface area contributed by atoms with Gasteiger partial charge in [-0.15, -0.1) is 0 Å². The van der Waals surface area contributed by atoms with Gasteiger partial charge in [0.2, 0.25) is 0 Å². The first kappa shape index (κ1) is 15.2. The highest BCUT2D eigenvalue weighted by Gasteiger charge is 2.16. The summed E-state index contributed by atoms with van der Waals surface area (Å²) in [6.07, 6.45) is -0.272. The van der Waals surface area contributed by atoms with E-state index in [-0.39, 0.29) is 13.0 Å². The van der Waals surface area contributed by atoms with E-state index >= 15 is 0 Å². The van der Waals surface area contributed by atoms with Gasteiger partial charge in [0.05, 0.1) is 17.4 Å². The van der Waals surface area contributed by atoms with Crippen LogP contribution >= 0.6 is 0 Å². The Hall–Kier alpha value is -0.840. The van der Waals surface area contributed by atoms with E-state index < -0.39 is 38.8 Å². The Kier molecular flexibility index (Phi) is 4.96. The minimum Gasteiger partial charge on any atom is -0.266 e. The lowest BCUT2D eigenvalue weighted by atomic mass is 10.4. The third-order valence-electron chi connectivity index (χ3n) is 1.71. The van der Waals surface area contributed by atoms with Crippen LogP contribution in [0.15, 0.2) is 22.7 Å². The van der Waals surface area contributed by atoms with Crippen molar-refractivity contribution in [3.63, 3.8) is 0 Å². The van der Waals surface area contributed by atoms with Crippen molar-refractivity contribution in [3.05, 3.63) is 22.7 Å². The van der Waals surface area contributed by atoms with Crippen molar-refractivity contribution in [2.45, 2.75) is 12.6 Å². The zero-order valence-electron chi connectivity index (χ0n) is 8.95. The molecule has 2 rings (SSSR count). The summed E-state index contributed by atoms with van der Waals surface area (Å²) in [5.74, 6) is -0.638. The van der Waals surface area contributed by atoms with E-state index in [0.717, 1.165) is 11.5 Å². The Bertz CT molecular complexity index is 548. The molecule has 0 saturated heterocycles. The maximum atomic E-state index is 12.1. The van der Waals surface area contributed by atoms with Crippen molar-refractivity contribution in [1.29, 1.82) is 0 Å². The highest BCUT2D eigenvalue weighted by atomic mass is 32.2. The van der Waals surface area contributed by atoms with E-state index in [9.17, 15) is 25.6 Å². The molecule has 1 atom stereocenters. The van der Waals surface area contributed by atoms with Gasteiger partial charge in [-0.25, -0.2) is 8.78 Å². The lowest BCUT2D eigenvalue weighted by molar-refractivity contribution is 0.230. The smallest absolute Gasteiger partial charge is 0.266 e. The second-order valence-electron chi connectivity index (χ2n) is 3.25. The largest absolute Gasteiger partial charge is 0.292 e. The zero-order chi connectivity index (χ0) is 13.8. The second kappa shape index (κ2) is 5.87. The van der Waals surface area contributed by atoms with Crippen LogP contribution in [0.25, 0.3) is 0 Å². The summed E-state index contributed by atoms with van der Waals surface area (Å²) in [7, 11) is -7.21. The lowest BCUT2D eigenvalue weighted by Crippen LogP contribution is -2.16. The van der Waals surface area contributed by atoms with Crippen molar-refractivity contribution in [3.8, 4) is 0 Å². The van der Waals surface area contributed by atoms with E-state index in [1.807, 2.05) is 0 Å². The van der Waals surface area contributed by atoms with Gasteiger partial charge >= 0.3 is 0 Å². The number of alkyl halides is 1. The van der Waals surface area contributed by atoms with E-state index in [2.05, 4.69) is 8.37 Å². The van der Waals surface area contributed by atoms with Crippen molar-refractivity contribution in [2.24, 2.45) is 0 Å². The van der Waals surface area contributed by atoms with Gasteiger partial charge in [-0.1, -0.05) is 0 Å². The van der Waals surface area contributed by atoms with Gasteiger partial charge in [0.25, 0.3) is 20.2 Å². The number of hydrogen-bond donors (Lipinski definition) is 0. The molecule has 0 aromatic heterocycles. The monoisotopic (exact) mass is 304 g/mol. The van der Waals surface area contributed by atoms with Crippen LogP contribution in [-0.4, -0.2) is 36.2 Å². The Labute approximate surface area is 103 Å². The van der Waals surface area contributed by atoms with Gasteiger partial charge in [-0.05, 0) is 6.08 Å². The molecule has 0 radical (unpaired) electrons. The summed E-state index contributed by atoms with van der Waals surface area (Å²) in [5, 5.41) is 1.22. The molecule has 0 saturated carbocycles. The first-order valence-corrected chi connectivity index (χ1v) is 7.62. The quantitative estimate of drug-likeness (QED) is 0.614. The molecular formula is C8H10F2O6S2. The molecule has 2 heterocycles. The van der Waals surface area contributed by atoms with E-state index in [1.165, 1.54) is 0 Å². The second-order valence-corrected chi connectivity index (χ2v) is 6.20. The molecule has 0 N–H and O–H groups in total.